The van der Waals surface area contributed by atoms with Gasteiger partial charge in [0.2, 0.25) is 5.91 Å². The van der Waals surface area contributed by atoms with Crippen LogP contribution in [0, 0.1) is 10.1 Å². The Labute approximate surface area is 120 Å². The molecule has 0 bridgehead atoms. The van der Waals surface area contributed by atoms with Gasteiger partial charge in [0.15, 0.2) is 0 Å². The largest absolute Gasteiger partial charge is 0.326 e. The number of carbonyl (C=O) groups excluding carboxylic acids is 1. The molecule has 0 saturated heterocycles. The van der Waals surface area contributed by atoms with Crippen molar-refractivity contribution < 1.29 is 9.72 Å². The summed E-state index contributed by atoms with van der Waals surface area (Å²) in [5.74, 6) is -0.257. The van der Waals surface area contributed by atoms with Crippen molar-refractivity contribution in [1.29, 1.82) is 0 Å². The van der Waals surface area contributed by atoms with Gasteiger partial charge >= 0.3 is 0 Å². The molecule has 0 spiro atoms. The fraction of sp³-hybridized carbons (Fsp3) is 0.0714. The van der Waals surface area contributed by atoms with E-state index in [1.165, 1.54) is 18.2 Å². The van der Waals surface area contributed by atoms with E-state index in [9.17, 15) is 14.9 Å². The summed E-state index contributed by atoms with van der Waals surface area (Å²) in [6, 6.07) is 12.8. The summed E-state index contributed by atoms with van der Waals surface area (Å²) in [6.07, 6.45) is 0.156. The molecule has 0 saturated carbocycles. The van der Waals surface area contributed by atoms with Gasteiger partial charge in [-0.2, -0.15) is 0 Å². The number of carbonyl (C=O) groups is 1. The van der Waals surface area contributed by atoms with Crippen LogP contribution < -0.4 is 5.32 Å². The molecular weight excluding hydrogens is 280 g/mol. The number of rotatable bonds is 4. The second kappa shape index (κ2) is 6.16. The molecule has 0 aliphatic heterocycles. The monoisotopic (exact) mass is 290 g/mol. The highest BCUT2D eigenvalue weighted by Gasteiger charge is 2.08. The molecule has 0 heterocycles. The van der Waals surface area contributed by atoms with Crippen LogP contribution in [0.15, 0.2) is 48.5 Å². The van der Waals surface area contributed by atoms with Crippen molar-refractivity contribution in [2.75, 3.05) is 5.32 Å². The maximum absolute atomic E-state index is 11.9. The molecule has 0 radical (unpaired) electrons. The van der Waals surface area contributed by atoms with Crippen LogP contribution in [0.3, 0.4) is 0 Å². The van der Waals surface area contributed by atoms with Crippen LogP contribution in [0.25, 0.3) is 0 Å². The highest BCUT2D eigenvalue weighted by Crippen LogP contribution is 2.17. The molecule has 2 aromatic rings. The zero-order valence-electron chi connectivity index (χ0n) is 10.4. The highest BCUT2D eigenvalue weighted by atomic mass is 35.5. The number of non-ortho nitro benzene ring substituents is 1. The molecule has 2 aromatic carbocycles. The number of nitro groups is 1. The van der Waals surface area contributed by atoms with Crippen LogP contribution in [0.2, 0.25) is 5.02 Å². The number of hydrogen-bond donors (Lipinski definition) is 1. The molecular formula is C14H11ClN2O3. The lowest BCUT2D eigenvalue weighted by Crippen LogP contribution is -2.14. The van der Waals surface area contributed by atoms with Gasteiger partial charge in [-0.1, -0.05) is 29.8 Å². The number of anilines is 1. The second-order valence-electron chi connectivity index (χ2n) is 4.16. The third kappa shape index (κ3) is 3.80. The Morgan fingerprint density at radius 2 is 1.95 bits per heavy atom. The van der Waals surface area contributed by atoms with E-state index in [-0.39, 0.29) is 18.0 Å². The van der Waals surface area contributed by atoms with Crippen LogP contribution in [0.1, 0.15) is 5.56 Å². The second-order valence-corrected chi connectivity index (χ2v) is 4.60. The fourth-order valence-electron chi connectivity index (χ4n) is 1.73. The van der Waals surface area contributed by atoms with Gasteiger partial charge in [-0.3, -0.25) is 14.9 Å². The summed E-state index contributed by atoms with van der Waals surface area (Å²) in [5, 5.41) is 13.8. The van der Waals surface area contributed by atoms with Crippen LogP contribution in [-0.4, -0.2) is 10.8 Å². The van der Waals surface area contributed by atoms with E-state index in [4.69, 9.17) is 11.6 Å². The number of amides is 1. The topological polar surface area (TPSA) is 72.2 Å². The predicted octanol–water partition coefficient (Wildman–Crippen LogP) is 3.43. The molecule has 5 nitrogen and oxygen atoms in total. The van der Waals surface area contributed by atoms with Gasteiger partial charge < -0.3 is 5.32 Å². The zero-order chi connectivity index (χ0) is 14.5. The Balaban J connectivity index is 2.04. The van der Waals surface area contributed by atoms with Crippen molar-refractivity contribution in [2.45, 2.75) is 6.42 Å². The molecule has 102 valence electrons. The maximum Gasteiger partial charge on any atom is 0.271 e. The smallest absolute Gasteiger partial charge is 0.271 e. The number of nitro benzene ring substituents is 1. The third-order valence-electron chi connectivity index (χ3n) is 2.59. The maximum atomic E-state index is 11.9. The first-order chi connectivity index (χ1) is 9.54. The van der Waals surface area contributed by atoms with Gasteiger partial charge in [0.05, 0.1) is 11.3 Å². The lowest BCUT2D eigenvalue weighted by atomic mass is 10.1. The Hall–Kier alpha value is -2.40. The van der Waals surface area contributed by atoms with Crippen LogP contribution >= 0.6 is 11.6 Å². The van der Waals surface area contributed by atoms with E-state index < -0.39 is 4.92 Å². The van der Waals surface area contributed by atoms with Crippen LogP contribution in [-0.2, 0) is 11.2 Å². The van der Waals surface area contributed by atoms with E-state index in [2.05, 4.69) is 5.32 Å². The van der Waals surface area contributed by atoms with Crippen molar-refractivity contribution in [3.8, 4) is 0 Å². The van der Waals surface area contributed by atoms with E-state index in [0.717, 1.165) is 5.56 Å². The summed E-state index contributed by atoms with van der Waals surface area (Å²) >= 11 is 5.84. The Morgan fingerprint density at radius 1 is 1.20 bits per heavy atom. The number of benzene rings is 2. The highest BCUT2D eigenvalue weighted by molar-refractivity contribution is 6.30. The minimum absolute atomic E-state index is 0.0643. The minimum atomic E-state index is -0.507. The fourth-order valence-corrected chi connectivity index (χ4v) is 1.95. The quantitative estimate of drug-likeness (QED) is 0.692. The van der Waals surface area contributed by atoms with Crippen molar-refractivity contribution >= 4 is 28.9 Å². The van der Waals surface area contributed by atoms with Crippen LogP contribution in [0.5, 0.6) is 0 Å². The molecule has 0 atom stereocenters. The number of halogens is 1. The molecule has 0 aromatic heterocycles. The summed E-state index contributed by atoms with van der Waals surface area (Å²) in [5.41, 5.74) is 1.11. The van der Waals surface area contributed by atoms with Gasteiger partial charge in [-0.15, -0.1) is 0 Å². The Kier molecular flexibility index (Phi) is 4.32. The molecule has 1 N–H and O–H groups in total. The third-order valence-corrected chi connectivity index (χ3v) is 2.83. The van der Waals surface area contributed by atoms with E-state index in [0.29, 0.717) is 10.7 Å². The van der Waals surface area contributed by atoms with Gasteiger partial charge in [0.25, 0.3) is 5.69 Å². The van der Waals surface area contributed by atoms with Gasteiger partial charge in [-0.25, -0.2) is 0 Å². The Bertz CT molecular complexity index is 658. The average Bonchev–Trinajstić information content (AvgIpc) is 2.38. The van der Waals surface area contributed by atoms with E-state index in [1.54, 1.807) is 30.3 Å². The molecule has 0 aliphatic rings. The van der Waals surface area contributed by atoms with E-state index in [1.807, 2.05) is 0 Å². The minimum Gasteiger partial charge on any atom is -0.326 e. The Morgan fingerprint density at radius 3 is 2.65 bits per heavy atom. The van der Waals surface area contributed by atoms with Gasteiger partial charge in [0, 0.05) is 22.8 Å². The summed E-state index contributed by atoms with van der Waals surface area (Å²) in [6.45, 7) is 0. The zero-order valence-corrected chi connectivity index (χ0v) is 11.1. The van der Waals surface area contributed by atoms with Crippen molar-refractivity contribution in [3.05, 3.63) is 69.2 Å². The molecule has 0 unspecified atom stereocenters. The first kappa shape index (κ1) is 14.0. The molecule has 2 rings (SSSR count). The predicted molar refractivity (Wildman–Crippen MR) is 76.9 cm³/mol. The standard InChI is InChI=1S/C14H11ClN2O3/c15-11-4-1-3-10(7-11)8-14(18)16-12-5-2-6-13(9-12)17(19)20/h1-7,9H,8H2,(H,16,18). The van der Waals surface area contributed by atoms with Crippen LogP contribution in [0.4, 0.5) is 11.4 Å². The van der Waals surface area contributed by atoms with Gasteiger partial charge in [0.1, 0.15) is 0 Å². The van der Waals surface area contributed by atoms with Crippen molar-refractivity contribution in [1.82, 2.24) is 0 Å². The number of nitrogens with one attached hydrogen (secondary N) is 1. The molecule has 1 amide bonds. The molecule has 6 heteroatoms. The summed E-state index contributed by atoms with van der Waals surface area (Å²) in [4.78, 5) is 22.0. The molecule has 0 aliphatic carbocycles. The average molecular weight is 291 g/mol. The normalized spacial score (nSPS) is 10.1. The number of nitrogens with zero attached hydrogens (tertiary/aromatic N) is 1. The SMILES string of the molecule is O=C(Cc1cccc(Cl)c1)Nc1cccc([N+](=O)[O-])c1. The first-order valence-corrected chi connectivity index (χ1v) is 6.21. The lowest BCUT2D eigenvalue weighted by molar-refractivity contribution is -0.384. The number of hydrogen-bond acceptors (Lipinski definition) is 3. The lowest BCUT2D eigenvalue weighted by Gasteiger charge is -2.05. The van der Waals surface area contributed by atoms with Crippen molar-refractivity contribution in [3.63, 3.8) is 0 Å². The first-order valence-electron chi connectivity index (χ1n) is 5.83. The summed E-state index contributed by atoms with van der Waals surface area (Å²) < 4.78 is 0. The van der Waals surface area contributed by atoms with Crippen molar-refractivity contribution in [2.24, 2.45) is 0 Å². The van der Waals surface area contributed by atoms with Gasteiger partial charge in [-0.05, 0) is 23.8 Å². The van der Waals surface area contributed by atoms with E-state index >= 15 is 0 Å². The summed E-state index contributed by atoms with van der Waals surface area (Å²) in [7, 11) is 0. The molecule has 0 fully saturated rings. The molecule has 20 heavy (non-hydrogen) atoms.